The number of likely N-dealkylation sites (tertiary alicyclic amines) is 1. The fraction of sp³-hybridized carbons (Fsp3) is 0.391. The maximum Gasteiger partial charge on any atom is 0.329 e. The molecule has 0 bridgehead atoms. The highest BCUT2D eigenvalue weighted by Gasteiger charge is 2.25. The Labute approximate surface area is 184 Å². The molecule has 0 saturated carbocycles. The summed E-state index contributed by atoms with van der Waals surface area (Å²) in [6, 6.07) is 7.61. The molecule has 166 valence electrons. The van der Waals surface area contributed by atoms with Crippen LogP contribution in [-0.4, -0.2) is 43.6 Å². The number of aromatic amines is 2. The Bertz CT molecular complexity index is 1200. The van der Waals surface area contributed by atoms with E-state index in [2.05, 4.69) is 32.6 Å². The van der Waals surface area contributed by atoms with E-state index in [0.717, 1.165) is 31.4 Å². The van der Waals surface area contributed by atoms with E-state index >= 15 is 0 Å². The number of H-pyrrole nitrogens is 2. The van der Waals surface area contributed by atoms with Gasteiger partial charge in [-0.15, -0.1) is 0 Å². The maximum atomic E-state index is 12.7. The summed E-state index contributed by atoms with van der Waals surface area (Å²) < 4.78 is 1.26. The van der Waals surface area contributed by atoms with Crippen LogP contribution in [0.5, 0.6) is 0 Å². The van der Waals surface area contributed by atoms with Gasteiger partial charge in [0.1, 0.15) is 5.82 Å². The van der Waals surface area contributed by atoms with Gasteiger partial charge in [0.15, 0.2) is 0 Å². The number of hydrogen-bond donors (Lipinski definition) is 3. The monoisotopic (exact) mass is 434 g/mol. The van der Waals surface area contributed by atoms with Gasteiger partial charge in [0.25, 0.3) is 11.5 Å². The average Bonchev–Trinajstić information content (AvgIpc) is 3.48. The number of hydrogen-bond acceptors (Lipinski definition) is 5. The Morgan fingerprint density at radius 3 is 2.69 bits per heavy atom. The fourth-order valence-corrected chi connectivity index (χ4v) is 4.69. The molecule has 32 heavy (non-hydrogen) atoms. The first-order valence-electron chi connectivity index (χ1n) is 11.1. The molecule has 5 rings (SSSR count). The molecule has 9 nitrogen and oxygen atoms in total. The van der Waals surface area contributed by atoms with Crippen molar-refractivity contribution in [2.24, 2.45) is 5.92 Å². The molecule has 0 radical (unpaired) electrons. The first-order valence-corrected chi connectivity index (χ1v) is 11.1. The minimum atomic E-state index is -0.418. The first-order chi connectivity index (χ1) is 15.6. The molecule has 1 amide bonds. The van der Waals surface area contributed by atoms with Crippen LogP contribution in [0.1, 0.15) is 40.7 Å². The number of nitrogens with one attached hydrogen (secondary N) is 3. The van der Waals surface area contributed by atoms with Gasteiger partial charge in [-0.3, -0.25) is 24.2 Å². The normalized spacial score (nSPS) is 16.2. The third-order valence-corrected chi connectivity index (χ3v) is 6.49. The van der Waals surface area contributed by atoms with Gasteiger partial charge in [0.2, 0.25) is 0 Å². The number of fused-ring (bicyclic) bond motifs is 1. The predicted octanol–water partition coefficient (Wildman–Crippen LogP) is 2.04. The molecule has 3 aromatic rings. The number of carbonyl (C=O) groups is 1. The summed E-state index contributed by atoms with van der Waals surface area (Å²) in [5.41, 5.74) is 3.36. The van der Waals surface area contributed by atoms with Crippen molar-refractivity contribution in [3.8, 4) is 0 Å². The number of aromatic nitrogens is 4. The zero-order valence-corrected chi connectivity index (χ0v) is 17.8. The third-order valence-electron chi connectivity index (χ3n) is 6.49. The van der Waals surface area contributed by atoms with Crippen molar-refractivity contribution in [2.75, 3.05) is 18.4 Å². The second kappa shape index (κ2) is 8.49. The molecular weight excluding hydrogens is 408 g/mol. The van der Waals surface area contributed by atoms with E-state index in [1.165, 1.54) is 34.4 Å². The molecule has 1 aromatic carbocycles. The molecule has 0 unspecified atom stereocenters. The minimum absolute atomic E-state index is 0.0470. The number of benzene rings is 1. The van der Waals surface area contributed by atoms with E-state index in [1.807, 2.05) is 6.07 Å². The van der Waals surface area contributed by atoms with Crippen LogP contribution in [0.2, 0.25) is 0 Å². The summed E-state index contributed by atoms with van der Waals surface area (Å²) in [5.74, 6) is 0.515. The van der Waals surface area contributed by atoms with E-state index in [1.54, 1.807) is 11.1 Å². The predicted molar refractivity (Wildman–Crippen MR) is 120 cm³/mol. The van der Waals surface area contributed by atoms with Crippen molar-refractivity contribution in [3.05, 3.63) is 74.2 Å². The van der Waals surface area contributed by atoms with Gasteiger partial charge < -0.3 is 10.2 Å². The molecule has 1 aliphatic heterocycles. The van der Waals surface area contributed by atoms with Gasteiger partial charge in [0, 0.05) is 37.6 Å². The highest BCUT2D eigenvalue weighted by atomic mass is 16.2. The number of amides is 1. The van der Waals surface area contributed by atoms with Gasteiger partial charge in [-0.2, -0.15) is 5.10 Å². The Balaban J connectivity index is 1.23. The van der Waals surface area contributed by atoms with Crippen molar-refractivity contribution in [2.45, 2.75) is 38.6 Å². The third kappa shape index (κ3) is 4.10. The van der Waals surface area contributed by atoms with E-state index in [4.69, 9.17) is 0 Å². The SMILES string of the molecule is O=C(c1cn[nH]c1)N1CCC(Cn2c(=O)cc(Nc3ccc4c(c3)CCC4)[nH]c2=O)CC1. The number of piperidine rings is 1. The van der Waals surface area contributed by atoms with E-state index < -0.39 is 5.69 Å². The average molecular weight is 435 g/mol. The summed E-state index contributed by atoms with van der Waals surface area (Å²) >= 11 is 0. The first kappa shape index (κ1) is 20.3. The van der Waals surface area contributed by atoms with Crippen LogP contribution < -0.4 is 16.6 Å². The summed E-state index contributed by atoms with van der Waals surface area (Å²) in [6.45, 7) is 1.54. The quantitative estimate of drug-likeness (QED) is 0.568. The molecule has 1 saturated heterocycles. The van der Waals surface area contributed by atoms with Crippen LogP contribution in [0, 0.1) is 5.92 Å². The molecule has 0 atom stereocenters. The highest BCUT2D eigenvalue weighted by Crippen LogP contribution is 2.26. The zero-order chi connectivity index (χ0) is 22.1. The maximum absolute atomic E-state index is 12.7. The van der Waals surface area contributed by atoms with Crippen LogP contribution in [0.25, 0.3) is 0 Å². The number of aryl methyl sites for hydroxylation is 2. The minimum Gasteiger partial charge on any atom is -0.342 e. The molecule has 2 aromatic heterocycles. The Kier molecular flexibility index (Phi) is 5.38. The van der Waals surface area contributed by atoms with Crippen LogP contribution >= 0.6 is 0 Å². The van der Waals surface area contributed by atoms with Gasteiger partial charge in [-0.05, 0) is 61.3 Å². The Morgan fingerprint density at radius 1 is 1.12 bits per heavy atom. The summed E-state index contributed by atoms with van der Waals surface area (Å²) in [4.78, 5) is 42.3. The molecule has 3 N–H and O–H groups in total. The van der Waals surface area contributed by atoms with Crippen LogP contribution in [0.4, 0.5) is 11.5 Å². The highest BCUT2D eigenvalue weighted by molar-refractivity contribution is 5.93. The fourth-order valence-electron chi connectivity index (χ4n) is 4.69. The summed E-state index contributed by atoms with van der Waals surface area (Å²) in [6.07, 6.45) is 7.93. The Hall–Kier alpha value is -3.62. The van der Waals surface area contributed by atoms with Crippen molar-refractivity contribution in [3.63, 3.8) is 0 Å². The van der Waals surface area contributed by atoms with Gasteiger partial charge in [-0.25, -0.2) is 4.79 Å². The largest absolute Gasteiger partial charge is 0.342 e. The molecule has 2 aliphatic rings. The van der Waals surface area contributed by atoms with Crippen molar-refractivity contribution in [1.82, 2.24) is 24.6 Å². The van der Waals surface area contributed by atoms with Crippen molar-refractivity contribution >= 4 is 17.4 Å². The smallest absolute Gasteiger partial charge is 0.329 e. The lowest BCUT2D eigenvalue weighted by Gasteiger charge is -2.31. The zero-order valence-electron chi connectivity index (χ0n) is 17.8. The van der Waals surface area contributed by atoms with Crippen LogP contribution in [0.15, 0.2) is 46.2 Å². The molecule has 9 heteroatoms. The van der Waals surface area contributed by atoms with Gasteiger partial charge >= 0.3 is 5.69 Å². The second-order valence-electron chi connectivity index (χ2n) is 8.62. The second-order valence-corrected chi connectivity index (χ2v) is 8.62. The van der Waals surface area contributed by atoms with E-state index in [9.17, 15) is 14.4 Å². The molecule has 0 spiro atoms. The molecule has 3 heterocycles. The lowest BCUT2D eigenvalue weighted by atomic mass is 9.96. The summed E-state index contributed by atoms with van der Waals surface area (Å²) in [7, 11) is 0. The lowest BCUT2D eigenvalue weighted by Crippen LogP contribution is -2.42. The number of nitrogens with zero attached hydrogens (tertiary/aromatic N) is 3. The van der Waals surface area contributed by atoms with Gasteiger partial charge in [-0.1, -0.05) is 6.07 Å². The topological polar surface area (TPSA) is 116 Å². The van der Waals surface area contributed by atoms with Crippen LogP contribution in [0.3, 0.4) is 0 Å². The molecule has 1 aliphatic carbocycles. The Morgan fingerprint density at radius 2 is 1.94 bits per heavy atom. The summed E-state index contributed by atoms with van der Waals surface area (Å²) in [5, 5.41) is 9.64. The number of anilines is 2. The van der Waals surface area contributed by atoms with Gasteiger partial charge in [0.05, 0.1) is 11.8 Å². The van der Waals surface area contributed by atoms with E-state index in [0.29, 0.717) is 31.0 Å². The number of rotatable bonds is 5. The lowest BCUT2D eigenvalue weighted by molar-refractivity contribution is 0.0682. The van der Waals surface area contributed by atoms with E-state index in [-0.39, 0.29) is 17.4 Å². The molecular formula is C23H26N6O3. The molecule has 1 fully saturated rings. The number of carbonyl (C=O) groups excluding carboxylic acids is 1. The van der Waals surface area contributed by atoms with Crippen molar-refractivity contribution < 1.29 is 4.79 Å². The standard InChI is InChI=1S/C23H26N6O3/c30-21-11-20(26-19-5-4-16-2-1-3-17(16)10-19)27-23(32)29(21)14-15-6-8-28(9-7-15)22(31)18-12-24-25-13-18/h4-5,10-13,15,26H,1-3,6-9,14H2,(H,24,25)(H,27,32). The van der Waals surface area contributed by atoms with Crippen molar-refractivity contribution in [1.29, 1.82) is 0 Å². The van der Waals surface area contributed by atoms with Crippen LogP contribution in [-0.2, 0) is 19.4 Å².